The molecule has 2 unspecified atom stereocenters. The molecule has 3 saturated heterocycles. The van der Waals surface area contributed by atoms with Gasteiger partial charge in [-0.05, 0) is 60.6 Å². The Hall–Kier alpha value is -3.00. The van der Waals surface area contributed by atoms with E-state index in [1.807, 2.05) is 9.80 Å². The van der Waals surface area contributed by atoms with E-state index in [-0.39, 0.29) is 54.2 Å². The summed E-state index contributed by atoms with van der Waals surface area (Å²) in [5.41, 5.74) is 1.99. The van der Waals surface area contributed by atoms with Crippen molar-refractivity contribution in [3.05, 3.63) is 71.3 Å². The Morgan fingerprint density at radius 1 is 0.882 bits per heavy atom. The van der Waals surface area contributed by atoms with Gasteiger partial charge in [-0.15, -0.1) is 0 Å². The number of halogens is 2. The van der Waals surface area contributed by atoms with Crippen LogP contribution >= 0.6 is 0 Å². The van der Waals surface area contributed by atoms with Crippen LogP contribution in [0, 0.1) is 17.6 Å². The van der Waals surface area contributed by atoms with Crippen LogP contribution in [0.3, 0.4) is 0 Å². The number of hydrogen-bond acceptors (Lipinski definition) is 3. The molecule has 3 amide bonds. The van der Waals surface area contributed by atoms with Crippen molar-refractivity contribution >= 4 is 11.9 Å². The molecule has 34 heavy (non-hydrogen) atoms. The summed E-state index contributed by atoms with van der Waals surface area (Å²) in [7, 11) is 0. The van der Waals surface area contributed by atoms with Gasteiger partial charge < -0.3 is 19.9 Å². The number of urea groups is 1. The van der Waals surface area contributed by atoms with Gasteiger partial charge in [0.15, 0.2) is 0 Å². The molecule has 180 valence electrons. The van der Waals surface area contributed by atoms with Crippen molar-refractivity contribution in [2.75, 3.05) is 32.8 Å². The fraction of sp³-hybridized carbons (Fsp3) is 0.462. The molecule has 2 atom stereocenters. The zero-order chi connectivity index (χ0) is 23.7. The molecule has 3 fully saturated rings. The summed E-state index contributed by atoms with van der Waals surface area (Å²) >= 11 is 0. The summed E-state index contributed by atoms with van der Waals surface area (Å²) < 4.78 is 32.7. The molecule has 3 aliphatic heterocycles. The molecule has 6 nitrogen and oxygen atoms in total. The van der Waals surface area contributed by atoms with Crippen molar-refractivity contribution in [1.29, 1.82) is 0 Å². The highest BCUT2D eigenvalue weighted by Crippen LogP contribution is 2.38. The molecule has 0 saturated carbocycles. The van der Waals surface area contributed by atoms with Gasteiger partial charge in [0.25, 0.3) is 0 Å². The first-order chi connectivity index (χ1) is 16.5. The van der Waals surface area contributed by atoms with Gasteiger partial charge in [0.1, 0.15) is 18.2 Å². The Kier molecular flexibility index (Phi) is 6.50. The molecular formula is C26H29F2N3O3. The molecule has 0 spiro atoms. The number of ether oxygens (including phenoxy) is 1. The van der Waals surface area contributed by atoms with Gasteiger partial charge in [-0.1, -0.05) is 24.3 Å². The van der Waals surface area contributed by atoms with Crippen LogP contribution in [-0.2, 0) is 9.53 Å². The number of hydrogen-bond donors (Lipinski definition) is 1. The number of nitrogens with one attached hydrogen (secondary N) is 1. The van der Waals surface area contributed by atoms with Crippen molar-refractivity contribution in [3.63, 3.8) is 0 Å². The summed E-state index contributed by atoms with van der Waals surface area (Å²) in [5.74, 6) is -0.458. The van der Waals surface area contributed by atoms with Crippen LogP contribution < -0.4 is 5.32 Å². The van der Waals surface area contributed by atoms with E-state index in [0.29, 0.717) is 32.6 Å². The Labute approximate surface area is 197 Å². The predicted octanol–water partition coefficient (Wildman–Crippen LogP) is 3.52. The number of rotatable bonds is 3. The molecule has 2 aromatic rings. The molecule has 8 heteroatoms. The van der Waals surface area contributed by atoms with Crippen LogP contribution in [-0.4, -0.2) is 66.7 Å². The molecule has 0 radical (unpaired) electrons. The summed E-state index contributed by atoms with van der Waals surface area (Å²) in [6, 6.07) is 12.9. The lowest BCUT2D eigenvalue weighted by atomic mass is 9.76. The van der Waals surface area contributed by atoms with Gasteiger partial charge in [-0.2, -0.15) is 0 Å². The van der Waals surface area contributed by atoms with E-state index < -0.39 is 0 Å². The second-order valence-electron chi connectivity index (χ2n) is 9.45. The lowest BCUT2D eigenvalue weighted by Gasteiger charge is -2.44. The van der Waals surface area contributed by atoms with Gasteiger partial charge >= 0.3 is 6.03 Å². The maximum Gasteiger partial charge on any atom is 0.320 e. The van der Waals surface area contributed by atoms with Crippen LogP contribution in [0.25, 0.3) is 0 Å². The maximum absolute atomic E-state index is 13.6. The molecule has 0 aliphatic carbocycles. The topological polar surface area (TPSA) is 61.9 Å². The standard InChI is InChI=1S/C26H29F2N3O3/c27-20-5-1-17(2-6-20)25(18-3-7-21(28)8-4-18)19-9-12-30(13-10-19)26(33)31-14-11-23-22(15-31)29-24(32)16-34-23/h1-8,19,22-23,25H,9-16H2,(H,29,32). The molecule has 0 aromatic heterocycles. The second kappa shape index (κ2) is 9.70. The third kappa shape index (κ3) is 4.78. The first-order valence-electron chi connectivity index (χ1n) is 11.9. The van der Waals surface area contributed by atoms with Gasteiger partial charge in [-0.3, -0.25) is 4.79 Å². The third-order valence-corrected chi connectivity index (χ3v) is 7.33. The smallest absolute Gasteiger partial charge is 0.320 e. The number of likely N-dealkylation sites (tertiary alicyclic amines) is 2. The molecule has 3 heterocycles. The van der Waals surface area contributed by atoms with Crippen molar-refractivity contribution < 1.29 is 23.1 Å². The number of benzene rings is 2. The van der Waals surface area contributed by atoms with Crippen molar-refractivity contribution in [2.24, 2.45) is 5.92 Å². The van der Waals surface area contributed by atoms with E-state index in [2.05, 4.69) is 5.32 Å². The first-order valence-corrected chi connectivity index (χ1v) is 11.9. The molecule has 1 N–H and O–H groups in total. The number of nitrogens with zero attached hydrogens (tertiary/aromatic N) is 2. The number of carbonyl (C=O) groups is 2. The first kappa shape index (κ1) is 22.8. The quantitative estimate of drug-likeness (QED) is 0.749. The molecule has 0 bridgehead atoms. The number of fused-ring (bicyclic) bond motifs is 1. The minimum atomic E-state index is -0.287. The molecular weight excluding hydrogens is 440 g/mol. The van der Waals surface area contributed by atoms with Crippen LogP contribution in [0.15, 0.2) is 48.5 Å². The normalized spacial score (nSPS) is 23.6. The SMILES string of the molecule is O=C1COC2CCN(C(=O)N3CCC(C(c4ccc(F)cc4)c4ccc(F)cc4)CC3)CC2N1. The van der Waals surface area contributed by atoms with E-state index in [1.54, 1.807) is 24.3 Å². The zero-order valence-electron chi connectivity index (χ0n) is 19.0. The Balaban J connectivity index is 1.26. The monoisotopic (exact) mass is 469 g/mol. The summed E-state index contributed by atoms with van der Waals surface area (Å²) in [4.78, 5) is 28.6. The highest BCUT2D eigenvalue weighted by atomic mass is 19.1. The van der Waals surface area contributed by atoms with Crippen LogP contribution in [0.5, 0.6) is 0 Å². The highest BCUT2D eigenvalue weighted by molar-refractivity contribution is 5.79. The fourth-order valence-electron chi connectivity index (χ4n) is 5.57. The van der Waals surface area contributed by atoms with E-state index in [4.69, 9.17) is 4.74 Å². The second-order valence-corrected chi connectivity index (χ2v) is 9.45. The summed E-state index contributed by atoms with van der Waals surface area (Å²) in [5, 5.41) is 2.94. The molecule has 3 aliphatic rings. The Morgan fingerprint density at radius 2 is 1.44 bits per heavy atom. The van der Waals surface area contributed by atoms with Gasteiger partial charge in [0.2, 0.25) is 5.91 Å². The third-order valence-electron chi connectivity index (χ3n) is 7.33. The van der Waals surface area contributed by atoms with Gasteiger partial charge in [-0.25, -0.2) is 13.6 Å². The maximum atomic E-state index is 13.6. The fourth-order valence-corrected chi connectivity index (χ4v) is 5.57. The predicted molar refractivity (Wildman–Crippen MR) is 122 cm³/mol. The number of amides is 3. The van der Waals surface area contributed by atoms with E-state index >= 15 is 0 Å². The lowest BCUT2D eigenvalue weighted by Crippen LogP contribution is -2.62. The van der Waals surface area contributed by atoms with Crippen LogP contribution in [0.4, 0.5) is 13.6 Å². The number of morpholine rings is 1. The van der Waals surface area contributed by atoms with Gasteiger partial charge in [0.05, 0.1) is 12.1 Å². The summed E-state index contributed by atoms with van der Waals surface area (Å²) in [6.07, 6.45) is 2.28. The van der Waals surface area contributed by atoms with Crippen molar-refractivity contribution in [2.45, 2.75) is 37.3 Å². The Bertz CT molecular complexity index is 977. The Morgan fingerprint density at radius 3 is 2.03 bits per heavy atom. The van der Waals surface area contributed by atoms with E-state index in [0.717, 1.165) is 24.0 Å². The van der Waals surface area contributed by atoms with Crippen molar-refractivity contribution in [3.8, 4) is 0 Å². The van der Waals surface area contributed by atoms with Crippen molar-refractivity contribution in [1.82, 2.24) is 15.1 Å². The average molecular weight is 470 g/mol. The average Bonchev–Trinajstić information content (AvgIpc) is 2.86. The number of piperidine rings is 2. The van der Waals surface area contributed by atoms with E-state index in [9.17, 15) is 18.4 Å². The van der Waals surface area contributed by atoms with Gasteiger partial charge in [0, 0.05) is 32.1 Å². The summed E-state index contributed by atoms with van der Waals surface area (Å²) in [6.45, 7) is 2.41. The zero-order valence-corrected chi connectivity index (χ0v) is 19.0. The number of carbonyl (C=O) groups excluding carboxylic acids is 2. The van der Waals surface area contributed by atoms with Crippen LogP contribution in [0.1, 0.15) is 36.3 Å². The minimum Gasteiger partial charge on any atom is -0.366 e. The van der Waals surface area contributed by atoms with Crippen LogP contribution in [0.2, 0.25) is 0 Å². The molecule has 2 aromatic carbocycles. The highest BCUT2D eigenvalue weighted by Gasteiger charge is 2.38. The lowest BCUT2D eigenvalue weighted by molar-refractivity contribution is -0.139. The van der Waals surface area contributed by atoms with E-state index in [1.165, 1.54) is 24.3 Å². The minimum absolute atomic E-state index is 0.00293. The largest absolute Gasteiger partial charge is 0.366 e. The molecule has 5 rings (SSSR count).